The molecule has 0 aliphatic heterocycles. The molecular weight excluding hydrogens is 879 g/mol. The Hall–Kier alpha value is -8.00. The Balaban J connectivity index is 0.985. The van der Waals surface area contributed by atoms with Gasteiger partial charge in [-0.2, -0.15) is 0 Å². The maximum atomic E-state index is 2.58. The Morgan fingerprint density at radius 3 is 1.19 bits per heavy atom. The molecule has 0 heterocycles. The van der Waals surface area contributed by atoms with Gasteiger partial charge in [-0.05, 0) is 171 Å². The normalized spacial score (nSPS) is 15.8. The number of fused-ring (bicyclic) bond motifs is 12. The van der Waals surface area contributed by atoms with E-state index >= 15 is 0 Å². The third-order valence-corrected chi connectivity index (χ3v) is 17.9. The van der Waals surface area contributed by atoms with Gasteiger partial charge in [0, 0.05) is 38.6 Å². The van der Waals surface area contributed by atoms with Gasteiger partial charge in [0.25, 0.3) is 0 Å². The maximum Gasteiger partial charge on any atom is 0.0540 e. The molecule has 0 N–H and O–H groups in total. The first-order chi connectivity index (χ1) is 35.2. The van der Waals surface area contributed by atoms with Crippen LogP contribution in [0.25, 0.3) is 77.9 Å². The summed E-state index contributed by atoms with van der Waals surface area (Å²) in [7, 11) is 0. The van der Waals surface area contributed by atoms with Crippen LogP contribution >= 0.6 is 0 Å². The SMILES string of the molecule is CC1(C)c2ccccc2-c2ccc(N(c3ccc4c(c3)C(C)(C)c3ccccc3-4)c3ccccc3-c3cc(-c4ccccc4)c4c(c3)C(C)(C)c3cc5c(cc3-4)C(C)(C)c3cccc(-c4ccccc4)c3-5)cc21. The van der Waals surface area contributed by atoms with Gasteiger partial charge in [-0.25, -0.2) is 0 Å². The second kappa shape index (κ2) is 15.3. The number of hydrogen-bond acceptors (Lipinski definition) is 1. The Morgan fingerprint density at radius 2 is 0.630 bits per heavy atom. The van der Waals surface area contributed by atoms with E-state index in [1.54, 1.807) is 0 Å². The Bertz CT molecular complexity index is 3850. The summed E-state index contributed by atoms with van der Waals surface area (Å²) in [6, 6.07) is 80.8. The van der Waals surface area contributed by atoms with Crippen LogP contribution in [-0.2, 0) is 21.7 Å². The van der Waals surface area contributed by atoms with Crippen LogP contribution in [0.3, 0.4) is 0 Å². The summed E-state index contributed by atoms with van der Waals surface area (Å²) < 4.78 is 0. The third kappa shape index (κ3) is 6.09. The fourth-order valence-electron chi connectivity index (χ4n) is 14.0. The van der Waals surface area contributed by atoms with Crippen molar-refractivity contribution in [3.63, 3.8) is 0 Å². The van der Waals surface area contributed by atoms with Gasteiger partial charge in [0.2, 0.25) is 0 Å². The highest BCUT2D eigenvalue weighted by atomic mass is 15.1. The molecule has 0 fully saturated rings. The van der Waals surface area contributed by atoms with Gasteiger partial charge >= 0.3 is 0 Å². The largest absolute Gasteiger partial charge is 0.310 e. The summed E-state index contributed by atoms with van der Waals surface area (Å²) in [5.41, 5.74) is 32.0. The third-order valence-electron chi connectivity index (χ3n) is 17.9. The summed E-state index contributed by atoms with van der Waals surface area (Å²) in [4.78, 5) is 2.55. The van der Waals surface area contributed by atoms with Crippen LogP contribution in [0, 0.1) is 0 Å². The van der Waals surface area contributed by atoms with E-state index < -0.39 is 0 Å². The molecule has 1 heteroatoms. The van der Waals surface area contributed by atoms with Crippen molar-refractivity contribution in [1.82, 2.24) is 0 Å². The van der Waals surface area contributed by atoms with E-state index in [2.05, 4.69) is 273 Å². The minimum absolute atomic E-state index is 0.152. The van der Waals surface area contributed by atoms with E-state index in [1.807, 2.05) is 0 Å². The minimum atomic E-state index is -0.288. The zero-order valence-corrected chi connectivity index (χ0v) is 43.2. The van der Waals surface area contributed by atoms with Crippen molar-refractivity contribution in [2.24, 2.45) is 0 Å². The van der Waals surface area contributed by atoms with Crippen LogP contribution in [0.1, 0.15) is 99.9 Å². The smallest absolute Gasteiger partial charge is 0.0540 e. The van der Waals surface area contributed by atoms with Crippen molar-refractivity contribution in [2.45, 2.75) is 77.0 Å². The zero-order valence-electron chi connectivity index (χ0n) is 43.2. The lowest BCUT2D eigenvalue weighted by atomic mass is 9.79. The van der Waals surface area contributed by atoms with E-state index in [0.29, 0.717) is 0 Å². The summed E-state index contributed by atoms with van der Waals surface area (Å²) >= 11 is 0. The van der Waals surface area contributed by atoms with Crippen LogP contribution in [0.4, 0.5) is 17.1 Å². The first-order valence-electron chi connectivity index (χ1n) is 26.3. The molecule has 0 bridgehead atoms. The van der Waals surface area contributed by atoms with Crippen LogP contribution < -0.4 is 4.90 Å². The molecule has 0 atom stereocenters. The van der Waals surface area contributed by atoms with Crippen molar-refractivity contribution in [2.75, 3.05) is 4.90 Å². The predicted molar refractivity (Wildman–Crippen MR) is 308 cm³/mol. The Labute approximate surface area is 431 Å². The number of benzene rings is 10. The Morgan fingerprint density at radius 1 is 0.233 bits per heavy atom. The van der Waals surface area contributed by atoms with E-state index in [-0.39, 0.29) is 21.7 Å². The number of nitrogens with zero attached hydrogens (tertiary/aromatic N) is 1. The number of para-hydroxylation sites is 1. The average Bonchev–Trinajstić information content (AvgIpc) is 3.98. The molecule has 0 amide bonds. The van der Waals surface area contributed by atoms with Gasteiger partial charge in [-0.15, -0.1) is 0 Å². The zero-order chi connectivity index (χ0) is 49.8. The standard InChI is InChI=1S/C72H59N/c1-69(2)58-30-18-15-27-51(58)53-36-34-47(40-61(53)69)73(48-35-37-54-52-28-16-19-31-59(52)70(3,4)62(54)41-48)66-33-20-17-26-49(66)46-38-55(45-24-13-10-14-25-45)68-57-43-63-56(42-64(57)72(7,8)65(68)39-46)67-50(44-22-11-9-12-23-44)29-21-32-60(67)71(63,5)6/h9-43H,1-8H3. The van der Waals surface area contributed by atoms with Crippen LogP contribution in [-0.4, -0.2) is 0 Å². The monoisotopic (exact) mass is 937 g/mol. The fraction of sp³-hybridized carbons (Fsp3) is 0.167. The van der Waals surface area contributed by atoms with Gasteiger partial charge < -0.3 is 4.90 Å². The van der Waals surface area contributed by atoms with Crippen LogP contribution in [0.2, 0.25) is 0 Å². The summed E-state index contributed by atoms with van der Waals surface area (Å²) in [6.45, 7) is 19.3. The first-order valence-corrected chi connectivity index (χ1v) is 26.3. The summed E-state index contributed by atoms with van der Waals surface area (Å²) in [5, 5.41) is 0. The lowest BCUT2D eigenvalue weighted by Gasteiger charge is -2.31. The molecule has 14 rings (SSSR count). The molecule has 4 aliphatic rings. The van der Waals surface area contributed by atoms with Gasteiger partial charge in [0.05, 0.1) is 5.69 Å². The van der Waals surface area contributed by atoms with E-state index in [0.717, 1.165) is 17.1 Å². The van der Waals surface area contributed by atoms with Crippen LogP contribution in [0.5, 0.6) is 0 Å². The molecule has 0 saturated carbocycles. The molecule has 0 spiro atoms. The highest BCUT2D eigenvalue weighted by Gasteiger charge is 2.44. The fourth-order valence-corrected chi connectivity index (χ4v) is 14.0. The second-order valence-corrected chi connectivity index (χ2v) is 23.3. The highest BCUT2D eigenvalue weighted by Crippen LogP contribution is 2.61. The van der Waals surface area contributed by atoms with Crippen molar-refractivity contribution in [3.8, 4) is 77.9 Å². The lowest BCUT2D eigenvalue weighted by molar-refractivity contribution is 0.652. The van der Waals surface area contributed by atoms with Crippen molar-refractivity contribution >= 4 is 17.1 Å². The number of rotatable bonds is 6. The van der Waals surface area contributed by atoms with Gasteiger partial charge in [-0.3, -0.25) is 0 Å². The average molecular weight is 938 g/mol. The highest BCUT2D eigenvalue weighted by molar-refractivity contribution is 6.01. The molecule has 4 aliphatic carbocycles. The number of anilines is 3. The molecule has 1 nitrogen and oxygen atoms in total. The van der Waals surface area contributed by atoms with Crippen molar-refractivity contribution in [3.05, 3.63) is 257 Å². The molecule has 73 heavy (non-hydrogen) atoms. The summed E-state index contributed by atoms with van der Waals surface area (Å²) in [6.07, 6.45) is 0. The molecule has 0 radical (unpaired) electrons. The minimum Gasteiger partial charge on any atom is -0.310 e. The molecule has 0 unspecified atom stereocenters. The Kier molecular flexibility index (Phi) is 9.15. The topological polar surface area (TPSA) is 3.24 Å². The van der Waals surface area contributed by atoms with Crippen molar-refractivity contribution < 1.29 is 0 Å². The van der Waals surface area contributed by atoms with E-state index in [1.165, 1.54) is 122 Å². The molecule has 10 aromatic carbocycles. The van der Waals surface area contributed by atoms with Gasteiger partial charge in [-0.1, -0.05) is 213 Å². The maximum absolute atomic E-state index is 2.58. The van der Waals surface area contributed by atoms with Crippen molar-refractivity contribution in [1.29, 1.82) is 0 Å². The van der Waals surface area contributed by atoms with E-state index in [9.17, 15) is 0 Å². The van der Waals surface area contributed by atoms with Gasteiger partial charge in [0.1, 0.15) is 0 Å². The van der Waals surface area contributed by atoms with Crippen LogP contribution in [0.15, 0.2) is 212 Å². The first kappa shape index (κ1) is 43.8. The number of hydrogen-bond donors (Lipinski definition) is 0. The van der Waals surface area contributed by atoms with E-state index in [4.69, 9.17) is 0 Å². The molecule has 10 aromatic rings. The molecular formula is C72H59N. The quantitative estimate of drug-likeness (QED) is 0.161. The molecule has 352 valence electrons. The lowest BCUT2D eigenvalue weighted by Crippen LogP contribution is -2.18. The molecule has 0 saturated heterocycles. The predicted octanol–water partition coefficient (Wildman–Crippen LogP) is 19.4. The second-order valence-electron chi connectivity index (χ2n) is 23.3. The molecule has 0 aromatic heterocycles. The van der Waals surface area contributed by atoms with Gasteiger partial charge in [0.15, 0.2) is 0 Å². The summed E-state index contributed by atoms with van der Waals surface area (Å²) in [5.74, 6) is 0.